The number of aromatic amines is 1. The van der Waals surface area contributed by atoms with Crippen LogP contribution in [0, 0.1) is 0 Å². The largest absolute Gasteiger partial charge is 0.481 e. The van der Waals surface area contributed by atoms with E-state index in [0.29, 0.717) is 5.69 Å². The van der Waals surface area contributed by atoms with Crippen LogP contribution >= 0.6 is 0 Å². The van der Waals surface area contributed by atoms with Crippen molar-refractivity contribution in [2.75, 3.05) is 5.32 Å². The number of H-pyrrole nitrogens is 1. The van der Waals surface area contributed by atoms with Gasteiger partial charge >= 0.3 is 5.97 Å². The number of rotatable bonds is 7. The van der Waals surface area contributed by atoms with E-state index in [2.05, 4.69) is 15.3 Å². The van der Waals surface area contributed by atoms with Gasteiger partial charge in [-0.25, -0.2) is 4.98 Å². The molecule has 0 radical (unpaired) electrons. The first-order valence-corrected chi connectivity index (χ1v) is 10.7. The Morgan fingerprint density at radius 3 is 2.64 bits per heavy atom. The lowest BCUT2D eigenvalue weighted by molar-refractivity contribution is -0.137. The summed E-state index contributed by atoms with van der Waals surface area (Å²) in [5, 5.41) is 13.5. The summed E-state index contributed by atoms with van der Waals surface area (Å²) >= 11 is 0. The van der Waals surface area contributed by atoms with Gasteiger partial charge in [-0.1, -0.05) is 48.5 Å². The van der Waals surface area contributed by atoms with E-state index in [1.807, 2.05) is 83.6 Å². The average Bonchev–Trinajstić information content (AvgIpc) is 3.42. The highest BCUT2D eigenvalue weighted by Gasteiger charge is 2.20. The molecule has 1 amide bonds. The third-order valence-corrected chi connectivity index (χ3v) is 5.77. The van der Waals surface area contributed by atoms with Crippen molar-refractivity contribution in [1.29, 1.82) is 0 Å². The molecule has 0 spiro atoms. The lowest BCUT2D eigenvalue weighted by Gasteiger charge is -2.18. The van der Waals surface area contributed by atoms with Gasteiger partial charge in [-0.2, -0.15) is 0 Å². The standard InChI is InChI=1S/C26H22N4O3/c31-25(12-18-15-27-21-9-5-4-8-20(18)21)29-19-10-11-22-24(13-19)30(16-28-22)23(14-26(32)33)17-6-2-1-3-7-17/h1-11,13,15-16,23,27H,12,14H2,(H,29,31)(H,32,33). The summed E-state index contributed by atoms with van der Waals surface area (Å²) in [7, 11) is 0. The molecule has 7 nitrogen and oxygen atoms in total. The van der Waals surface area contributed by atoms with Gasteiger partial charge in [0.25, 0.3) is 0 Å². The molecular formula is C26H22N4O3. The Bertz CT molecular complexity index is 1450. The molecule has 0 aliphatic carbocycles. The second kappa shape index (κ2) is 8.63. The van der Waals surface area contributed by atoms with Gasteiger partial charge in [-0.15, -0.1) is 0 Å². The molecular weight excluding hydrogens is 416 g/mol. The fraction of sp³-hybridized carbons (Fsp3) is 0.115. The number of carbonyl (C=O) groups is 2. The van der Waals surface area contributed by atoms with E-state index in [4.69, 9.17) is 0 Å². The predicted molar refractivity (Wildman–Crippen MR) is 127 cm³/mol. The van der Waals surface area contributed by atoms with Crippen molar-refractivity contribution in [2.45, 2.75) is 18.9 Å². The molecule has 0 fully saturated rings. The van der Waals surface area contributed by atoms with E-state index in [0.717, 1.165) is 33.1 Å². The van der Waals surface area contributed by atoms with Crippen LogP contribution in [0.5, 0.6) is 0 Å². The summed E-state index contributed by atoms with van der Waals surface area (Å²) in [5.74, 6) is -1.02. The van der Waals surface area contributed by atoms with Crippen LogP contribution in [0.25, 0.3) is 21.9 Å². The van der Waals surface area contributed by atoms with Gasteiger partial charge in [0.1, 0.15) is 0 Å². The Kier molecular flexibility index (Phi) is 5.36. The first-order valence-electron chi connectivity index (χ1n) is 10.7. The van der Waals surface area contributed by atoms with Crippen LogP contribution in [0.2, 0.25) is 0 Å². The maximum atomic E-state index is 12.8. The number of hydrogen-bond donors (Lipinski definition) is 3. The molecule has 164 valence electrons. The van der Waals surface area contributed by atoms with Gasteiger partial charge < -0.3 is 20.0 Å². The van der Waals surface area contributed by atoms with Gasteiger partial charge in [0.15, 0.2) is 0 Å². The lowest BCUT2D eigenvalue weighted by atomic mass is 10.0. The van der Waals surface area contributed by atoms with Crippen molar-refractivity contribution < 1.29 is 14.7 Å². The number of carboxylic acid groups (broad SMARTS) is 1. The van der Waals surface area contributed by atoms with Gasteiger partial charge in [0.2, 0.25) is 5.91 Å². The molecule has 0 saturated carbocycles. The number of amides is 1. The van der Waals surface area contributed by atoms with Gasteiger partial charge in [-0.3, -0.25) is 9.59 Å². The Hall–Kier alpha value is -4.39. The summed E-state index contributed by atoms with van der Waals surface area (Å²) in [4.78, 5) is 32.0. The third kappa shape index (κ3) is 4.21. The number of nitrogens with one attached hydrogen (secondary N) is 2. The third-order valence-electron chi connectivity index (χ3n) is 5.77. The molecule has 1 atom stereocenters. The molecule has 0 bridgehead atoms. The highest BCUT2D eigenvalue weighted by molar-refractivity contribution is 5.97. The van der Waals surface area contributed by atoms with E-state index >= 15 is 0 Å². The minimum atomic E-state index is -0.895. The zero-order valence-corrected chi connectivity index (χ0v) is 17.7. The number of nitrogens with zero attached hydrogens (tertiary/aromatic N) is 2. The minimum absolute atomic E-state index is 0.0768. The number of fused-ring (bicyclic) bond motifs is 2. The number of aliphatic carboxylic acids is 1. The molecule has 2 aromatic heterocycles. The van der Waals surface area contributed by atoms with Crippen LogP contribution in [-0.4, -0.2) is 31.5 Å². The van der Waals surface area contributed by atoms with Crippen molar-refractivity contribution >= 4 is 39.5 Å². The second-order valence-corrected chi connectivity index (χ2v) is 7.96. The van der Waals surface area contributed by atoms with Gasteiger partial charge in [0, 0.05) is 22.8 Å². The Balaban J connectivity index is 1.42. The predicted octanol–water partition coefficient (Wildman–Crippen LogP) is 4.76. The number of benzene rings is 3. The Morgan fingerprint density at radius 1 is 1.03 bits per heavy atom. The Morgan fingerprint density at radius 2 is 1.82 bits per heavy atom. The van der Waals surface area contributed by atoms with E-state index < -0.39 is 12.0 Å². The van der Waals surface area contributed by atoms with Crippen molar-refractivity contribution in [2.24, 2.45) is 0 Å². The molecule has 0 aliphatic rings. The monoisotopic (exact) mass is 438 g/mol. The van der Waals surface area contributed by atoms with Gasteiger partial charge in [-0.05, 0) is 35.4 Å². The Labute approximate surface area is 189 Å². The van der Waals surface area contributed by atoms with Crippen LogP contribution in [0.1, 0.15) is 23.6 Å². The van der Waals surface area contributed by atoms with Crippen LogP contribution in [0.3, 0.4) is 0 Å². The number of imidazole rings is 1. The maximum Gasteiger partial charge on any atom is 0.305 e. The molecule has 3 aromatic carbocycles. The highest BCUT2D eigenvalue weighted by Crippen LogP contribution is 2.28. The molecule has 1 unspecified atom stereocenters. The van der Waals surface area contributed by atoms with Gasteiger partial charge in [0.05, 0.1) is 36.2 Å². The summed E-state index contributed by atoms with van der Waals surface area (Å²) in [5.41, 5.74) is 4.94. The number of anilines is 1. The topological polar surface area (TPSA) is 100 Å². The second-order valence-electron chi connectivity index (χ2n) is 7.96. The number of hydrogen-bond acceptors (Lipinski definition) is 3. The maximum absolute atomic E-state index is 12.8. The fourth-order valence-electron chi connectivity index (χ4n) is 4.23. The molecule has 5 aromatic rings. The molecule has 5 rings (SSSR count). The van der Waals surface area contributed by atoms with E-state index in [9.17, 15) is 14.7 Å². The average molecular weight is 438 g/mol. The molecule has 7 heteroatoms. The van der Waals surface area contributed by atoms with Crippen LogP contribution < -0.4 is 5.32 Å². The first-order chi connectivity index (χ1) is 16.1. The van der Waals surface area contributed by atoms with Crippen LogP contribution in [-0.2, 0) is 16.0 Å². The van der Waals surface area contributed by atoms with E-state index in [1.54, 1.807) is 6.33 Å². The van der Waals surface area contributed by atoms with Crippen LogP contribution in [0.4, 0.5) is 5.69 Å². The SMILES string of the molecule is O=C(O)CC(c1ccccc1)n1cnc2ccc(NC(=O)Cc3c[nH]c4ccccc34)cc21. The zero-order valence-electron chi connectivity index (χ0n) is 17.7. The molecule has 2 heterocycles. The number of carbonyl (C=O) groups excluding carboxylic acids is 1. The molecule has 3 N–H and O–H groups in total. The molecule has 0 aliphatic heterocycles. The highest BCUT2D eigenvalue weighted by atomic mass is 16.4. The summed E-state index contributed by atoms with van der Waals surface area (Å²) < 4.78 is 1.86. The van der Waals surface area contributed by atoms with Crippen molar-refractivity contribution in [3.8, 4) is 0 Å². The number of carboxylic acids is 1. The quantitative estimate of drug-likeness (QED) is 0.341. The number of aromatic nitrogens is 3. The minimum Gasteiger partial charge on any atom is -0.481 e. The zero-order chi connectivity index (χ0) is 22.8. The van der Waals surface area contributed by atoms with Crippen molar-refractivity contribution in [1.82, 2.24) is 14.5 Å². The summed E-state index contributed by atoms with van der Waals surface area (Å²) in [6.45, 7) is 0. The fourth-order valence-corrected chi connectivity index (χ4v) is 4.23. The number of para-hydroxylation sites is 1. The van der Waals surface area contributed by atoms with Crippen molar-refractivity contribution in [3.63, 3.8) is 0 Å². The van der Waals surface area contributed by atoms with E-state index in [-0.39, 0.29) is 18.7 Å². The van der Waals surface area contributed by atoms with Crippen LogP contribution in [0.15, 0.2) is 85.3 Å². The summed E-state index contributed by atoms with van der Waals surface area (Å²) in [6.07, 6.45) is 3.68. The van der Waals surface area contributed by atoms with Crippen molar-refractivity contribution in [3.05, 3.63) is 96.4 Å². The molecule has 33 heavy (non-hydrogen) atoms. The summed E-state index contributed by atoms with van der Waals surface area (Å²) in [6, 6.07) is 22.4. The normalized spacial score (nSPS) is 12.1. The first kappa shape index (κ1) is 20.5. The lowest BCUT2D eigenvalue weighted by Crippen LogP contribution is -2.15. The van der Waals surface area contributed by atoms with E-state index in [1.165, 1.54) is 0 Å². The molecule has 0 saturated heterocycles. The smallest absolute Gasteiger partial charge is 0.305 e.